The van der Waals surface area contributed by atoms with Crippen molar-refractivity contribution in [2.45, 2.75) is 12.5 Å². The van der Waals surface area contributed by atoms with E-state index in [1.165, 1.54) is 23.3 Å². The Hall–Kier alpha value is -1.87. The Labute approximate surface area is 112 Å². The average Bonchev–Trinajstić information content (AvgIpc) is 2.47. The zero-order chi connectivity index (χ0) is 13.2. The molecule has 1 aliphatic rings. The predicted octanol–water partition coefficient (Wildman–Crippen LogP) is 3.07. The highest BCUT2D eigenvalue weighted by Gasteiger charge is 2.23. The van der Waals surface area contributed by atoms with E-state index < -0.39 is 0 Å². The number of hydrogen-bond donors (Lipinski definition) is 1. The van der Waals surface area contributed by atoms with Crippen LogP contribution in [0.3, 0.4) is 0 Å². The minimum Gasteiger partial charge on any atom is -0.496 e. The molecule has 1 atom stereocenters. The van der Waals surface area contributed by atoms with Crippen molar-refractivity contribution in [2.24, 2.45) is 0 Å². The van der Waals surface area contributed by atoms with Crippen LogP contribution >= 0.6 is 0 Å². The standard InChI is InChI=1S/C16H16FNO/c1-19-15-4-2-3-14-13(15)9-10-18-16(14)11-5-7-12(17)8-6-11/h2-8,16,18H,9-10H2,1H3. The molecule has 0 aliphatic carbocycles. The Kier molecular flexibility index (Phi) is 3.22. The molecule has 3 rings (SSSR count). The van der Waals surface area contributed by atoms with Gasteiger partial charge < -0.3 is 10.1 Å². The van der Waals surface area contributed by atoms with Crippen LogP contribution in [-0.4, -0.2) is 13.7 Å². The van der Waals surface area contributed by atoms with Crippen LogP contribution < -0.4 is 10.1 Å². The largest absolute Gasteiger partial charge is 0.496 e. The van der Waals surface area contributed by atoms with Crippen molar-refractivity contribution in [2.75, 3.05) is 13.7 Å². The molecule has 1 aliphatic heterocycles. The Morgan fingerprint density at radius 1 is 1.16 bits per heavy atom. The van der Waals surface area contributed by atoms with Gasteiger partial charge in [-0.3, -0.25) is 0 Å². The van der Waals surface area contributed by atoms with Gasteiger partial charge in [0.25, 0.3) is 0 Å². The van der Waals surface area contributed by atoms with Crippen LogP contribution in [0.2, 0.25) is 0 Å². The zero-order valence-corrected chi connectivity index (χ0v) is 10.8. The first-order valence-electron chi connectivity index (χ1n) is 6.44. The summed E-state index contributed by atoms with van der Waals surface area (Å²) in [6.07, 6.45) is 0.955. The molecule has 19 heavy (non-hydrogen) atoms. The van der Waals surface area contributed by atoms with Gasteiger partial charge in [-0.1, -0.05) is 24.3 Å². The highest BCUT2D eigenvalue weighted by molar-refractivity contribution is 5.47. The Balaban J connectivity index is 2.05. The van der Waals surface area contributed by atoms with Crippen LogP contribution in [0.1, 0.15) is 22.7 Å². The van der Waals surface area contributed by atoms with Crippen molar-refractivity contribution in [1.82, 2.24) is 5.32 Å². The van der Waals surface area contributed by atoms with Crippen LogP contribution in [-0.2, 0) is 6.42 Å². The fourth-order valence-electron chi connectivity index (χ4n) is 2.72. The second kappa shape index (κ2) is 5.02. The molecule has 2 aromatic carbocycles. The van der Waals surface area contributed by atoms with E-state index in [1.807, 2.05) is 24.3 Å². The van der Waals surface area contributed by atoms with Crippen molar-refractivity contribution in [3.8, 4) is 5.75 Å². The van der Waals surface area contributed by atoms with E-state index in [-0.39, 0.29) is 11.9 Å². The lowest BCUT2D eigenvalue weighted by Gasteiger charge is -2.28. The van der Waals surface area contributed by atoms with Gasteiger partial charge in [-0.05, 0) is 35.7 Å². The van der Waals surface area contributed by atoms with Gasteiger partial charge in [0.2, 0.25) is 0 Å². The van der Waals surface area contributed by atoms with Gasteiger partial charge in [-0.25, -0.2) is 4.39 Å². The maximum Gasteiger partial charge on any atom is 0.123 e. The summed E-state index contributed by atoms with van der Waals surface area (Å²) < 4.78 is 18.5. The van der Waals surface area contributed by atoms with E-state index in [9.17, 15) is 4.39 Å². The number of methoxy groups -OCH3 is 1. The monoisotopic (exact) mass is 257 g/mol. The molecular weight excluding hydrogens is 241 g/mol. The maximum atomic E-state index is 13.0. The lowest BCUT2D eigenvalue weighted by molar-refractivity contribution is 0.403. The Morgan fingerprint density at radius 3 is 2.68 bits per heavy atom. The first-order valence-corrected chi connectivity index (χ1v) is 6.44. The molecule has 0 aromatic heterocycles. The Bertz CT molecular complexity index is 580. The van der Waals surface area contributed by atoms with Gasteiger partial charge >= 0.3 is 0 Å². The molecule has 0 saturated carbocycles. The molecule has 0 bridgehead atoms. The maximum absolute atomic E-state index is 13.0. The van der Waals surface area contributed by atoms with Crippen molar-refractivity contribution >= 4 is 0 Å². The summed E-state index contributed by atoms with van der Waals surface area (Å²) in [4.78, 5) is 0. The fourth-order valence-corrected chi connectivity index (χ4v) is 2.72. The normalized spacial score (nSPS) is 17.9. The van der Waals surface area contributed by atoms with Gasteiger partial charge in [-0.2, -0.15) is 0 Å². The summed E-state index contributed by atoms with van der Waals surface area (Å²) >= 11 is 0. The lowest BCUT2D eigenvalue weighted by atomic mass is 9.89. The van der Waals surface area contributed by atoms with Crippen LogP contribution in [0.25, 0.3) is 0 Å². The molecule has 3 heteroatoms. The minimum atomic E-state index is -0.203. The van der Waals surface area contributed by atoms with Gasteiger partial charge in [0.15, 0.2) is 0 Å². The first-order chi connectivity index (χ1) is 9.29. The fraction of sp³-hybridized carbons (Fsp3) is 0.250. The molecule has 2 nitrogen and oxygen atoms in total. The molecule has 0 fully saturated rings. The summed E-state index contributed by atoms with van der Waals surface area (Å²) in [5, 5.41) is 3.48. The minimum absolute atomic E-state index is 0.111. The van der Waals surface area contributed by atoms with E-state index >= 15 is 0 Å². The SMILES string of the molecule is COc1cccc2c1CCNC2c1ccc(F)cc1. The third-order valence-corrected chi connectivity index (χ3v) is 3.63. The molecule has 0 amide bonds. The highest BCUT2D eigenvalue weighted by Crippen LogP contribution is 2.33. The molecule has 0 radical (unpaired) electrons. The molecule has 98 valence electrons. The van der Waals surface area contributed by atoms with Crippen LogP contribution in [0.5, 0.6) is 5.75 Å². The summed E-state index contributed by atoms with van der Waals surface area (Å²) in [5.74, 6) is 0.733. The number of ether oxygens (including phenoxy) is 1. The third-order valence-electron chi connectivity index (χ3n) is 3.63. The molecule has 1 heterocycles. The van der Waals surface area contributed by atoms with Gasteiger partial charge in [0, 0.05) is 12.1 Å². The number of halogens is 1. The highest BCUT2D eigenvalue weighted by atomic mass is 19.1. The van der Waals surface area contributed by atoms with E-state index in [1.54, 1.807) is 7.11 Å². The molecular formula is C16H16FNO. The van der Waals surface area contributed by atoms with Gasteiger partial charge in [0.1, 0.15) is 11.6 Å². The number of benzene rings is 2. The van der Waals surface area contributed by atoms with Crippen molar-refractivity contribution in [3.63, 3.8) is 0 Å². The second-order valence-electron chi connectivity index (χ2n) is 4.72. The topological polar surface area (TPSA) is 21.3 Å². The van der Waals surface area contributed by atoms with Crippen LogP contribution in [0.15, 0.2) is 42.5 Å². The zero-order valence-electron chi connectivity index (χ0n) is 10.8. The van der Waals surface area contributed by atoms with Gasteiger partial charge in [-0.15, -0.1) is 0 Å². The molecule has 0 saturated heterocycles. The molecule has 0 spiro atoms. The van der Waals surface area contributed by atoms with E-state index in [0.717, 1.165) is 24.3 Å². The summed E-state index contributed by atoms with van der Waals surface area (Å²) in [5.41, 5.74) is 3.55. The van der Waals surface area contributed by atoms with Crippen molar-refractivity contribution < 1.29 is 9.13 Å². The van der Waals surface area contributed by atoms with Crippen molar-refractivity contribution in [3.05, 3.63) is 65.0 Å². The number of fused-ring (bicyclic) bond motifs is 1. The van der Waals surface area contributed by atoms with Gasteiger partial charge in [0.05, 0.1) is 13.2 Å². The average molecular weight is 257 g/mol. The molecule has 1 unspecified atom stereocenters. The summed E-state index contributed by atoms with van der Waals surface area (Å²) in [6.45, 7) is 0.898. The summed E-state index contributed by atoms with van der Waals surface area (Å²) in [7, 11) is 1.70. The number of rotatable bonds is 2. The van der Waals surface area contributed by atoms with E-state index in [4.69, 9.17) is 4.74 Å². The van der Waals surface area contributed by atoms with E-state index in [0.29, 0.717) is 0 Å². The number of hydrogen-bond acceptors (Lipinski definition) is 2. The second-order valence-corrected chi connectivity index (χ2v) is 4.72. The summed E-state index contributed by atoms with van der Waals surface area (Å²) in [6, 6.07) is 12.9. The smallest absolute Gasteiger partial charge is 0.123 e. The Morgan fingerprint density at radius 2 is 1.95 bits per heavy atom. The molecule has 1 N–H and O–H groups in total. The van der Waals surface area contributed by atoms with Crippen LogP contribution in [0, 0.1) is 5.82 Å². The molecule has 2 aromatic rings. The van der Waals surface area contributed by atoms with Crippen molar-refractivity contribution in [1.29, 1.82) is 0 Å². The third kappa shape index (κ3) is 2.22. The first kappa shape index (κ1) is 12.2. The van der Waals surface area contributed by atoms with Crippen LogP contribution in [0.4, 0.5) is 4.39 Å². The van der Waals surface area contributed by atoms with E-state index in [2.05, 4.69) is 11.4 Å². The number of nitrogens with one attached hydrogen (secondary N) is 1. The quantitative estimate of drug-likeness (QED) is 0.892. The lowest BCUT2D eigenvalue weighted by Crippen LogP contribution is -2.30. The predicted molar refractivity (Wildman–Crippen MR) is 72.9 cm³/mol.